The quantitative estimate of drug-likeness (QED) is 0.262. The first-order chi connectivity index (χ1) is 14.9. The fourth-order valence-electron chi connectivity index (χ4n) is 2.98. The van der Waals surface area contributed by atoms with Crippen LogP contribution in [-0.4, -0.2) is 33.2 Å². The summed E-state index contributed by atoms with van der Waals surface area (Å²) in [5.74, 6) is 0.670. The van der Waals surface area contributed by atoms with Crippen LogP contribution in [0.5, 0.6) is 0 Å². The minimum Gasteiger partial charge on any atom is -0.467 e. The average molecular weight is 494 g/mol. The standard InChI is InChI=1S/C21H17Cl2N3O3S2/c1-25(11-15-5-7-18(23)31-15)19(27)12-30-21-24-17-9-13(22)4-6-16(17)20(28)26(21)10-14-3-2-8-29-14/h2-9H,10-12H2,1H3. The smallest absolute Gasteiger partial charge is 0.262 e. The van der Waals surface area contributed by atoms with Crippen molar-refractivity contribution in [1.29, 1.82) is 0 Å². The molecule has 3 aromatic heterocycles. The van der Waals surface area contributed by atoms with Crippen LogP contribution in [0.1, 0.15) is 10.6 Å². The zero-order valence-corrected chi connectivity index (χ0v) is 19.5. The number of aromatic nitrogens is 2. The summed E-state index contributed by atoms with van der Waals surface area (Å²) in [6.45, 7) is 0.689. The second-order valence-electron chi connectivity index (χ2n) is 6.77. The molecule has 4 aromatic rings. The van der Waals surface area contributed by atoms with Crippen LogP contribution in [0.15, 0.2) is 63.1 Å². The molecule has 0 aliphatic rings. The highest BCUT2D eigenvalue weighted by Crippen LogP contribution is 2.24. The zero-order valence-electron chi connectivity index (χ0n) is 16.4. The molecule has 3 heterocycles. The summed E-state index contributed by atoms with van der Waals surface area (Å²) in [6.07, 6.45) is 1.55. The van der Waals surface area contributed by atoms with Crippen molar-refractivity contribution in [2.24, 2.45) is 0 Å². The Morgan fingerprint density at radius 3 is 2.81 bits per heavy atom. The van der Waals surface area contributed by atoms with Gasteiger partial charge in [0, 0.05) is 16.9 Å². The van der Waals surface area contributed by atoms with E-state index in [-0.39, 0.29) is 23.8 Å². The van der Waals surface area contributed by atoms with Crippen molar-refractivity contribution in [1.82, 2.24) is 14.5 Å². The molecule has 0 bridgehead atoms. The molecule has 4 rings (SSSR count). The summed E-state index contributed by atoms with van der Waals surface area (Å²) in [4.78, 5) is 33.0. The fraction of sp³-hybridized carbons (Fsp3) is 0.190. The van der Waals surface area contributed by atoms with Crippen LogP contribution >= 0.6 is 46.3 Å². The van der Waals surface area contributed by atoms with Gasteiger partial charge in [0.2, 0.25) is 5.91 Å². The third kappa shape index (κ3) is 5.15. The number of thioether (sulfide) groups is 1. The average Bonchev–Trinajstić information content (AvgIpc) is 3.40. The highest BCUT2D eigenvalue weighted by atomic mass is 35.5. The molecule has 1 aromatic carbocycles. The molecule has 0 saturated heterocycles. The van der Waals surface area contributed by atoms with Gasteiger partial charge < -0.3 is 9.32 Å². The van der Waals surface area contributed by atoms with Crippen molar-refractivity contribution >= 4 is 63.1 Å². The van der Waals surface area contributed by atoms with Gasteiger partial charge in [-0.3, -0.25) is 14.2 Å². The lowest BCUT2D eigenvalue weighted by Crippen LogP contribution is -2.28. The van der Waals surface area contributed by atoms with E-state index in [9.17, 15) is 9.59 Å². The molecule has 160 valence electrons. The van der Waals surface area contributed by atoms with Gasteiger partial charge in [-0.1, -0.05) is 35.0 Å². The van der Waals surface area contributed by atoms with Crippen LogP contribution in [0.2, 0.25) is 9.36 Å². The molecule has 0 aliphatic carbocycles. The number of amides is 1. The molecule has 0 saturated carbocycles. The van der Waals surface area contributed by atoms with E-state index in [1.165, 1.54) is 27.7 Å². The van der Waals surface area contributed by atoms with E-state index in [0.29, 0.717) is 37.7 Å². The van der Waals surface area contributed by atoms with Gasteiger partial charge in [-0.15, -0.1) is 11.3 Å². The van der Waals surface area contributed by atoms with Crippen LogP contribution in [0.4, 0.5) is 0 Å². The van der Waals surface area contributed by atoms with Crippen LogP contribution in [0.3, 0.4) is 0 Å². The molecule has 0 spiro atoms. The van der Waals surface area contributed by atoms with Crippen LogP contribution in [0.25, 0.3) is 10.9 Å². The molecule has 0 aliphatic heterocycles. The number of furan rings is 1. The number of hydrogen-bond acceptors (Lipinski definition) is 6. The van der Waals surface area contributed by atoms with Gasteiger partial charge in [0.1, 0.15) is 5.76 Å². The largest absolute Gasteiger partial charge is 0.467 e. The SMILES string of the molecule is CN(Cc1ccc(Cl)s1)C(=O)CSc1nc2cc(Cl)ccc2c(=O)n1Cc1ccco1. The first-order valence-electron chi connectivity index (χ1n) is 9.24. The number of hydrogen-bond donors (Lipinski definition) is 0. The van der Waals surface area contributed by atoms with Gasteiger partial charge in [0.25, 0.3) is 5.56 Å². The molecule has 6 nitrogen and oxygen atoms in total. The summed E-state index contributed by atoms with van der Waals surface area (Å²) in [5, 5.41) is 1.37. The van der Waals surface area contributed by atoms with E-state index in [1.54, 1.807) is 48.5 Å². The minimum absolute atomic E-state index is 0.0838. The molecular weight excluding hydrogens is 477 g/mol. The molecule has 0 N–H and O–H groups in total. The van der Waals surface area contributed by atoms with Crippen molar-refractivity contribution in [3.8, 4) is 0 Å². The molecule has 10 heteroatoms. The Kier molecular flexibility index (Phi) is 6.71. The van der Waals surface area contributed by atoms with Gasteiger partial charge in [0.05, 0.1) is 40.3 Å². The number of carbonyl (C=O) groups excluding carboxylic acids is 1. The van der Waals surface area contributed by atoms with Gasteiger partial charge in [0.15, 0.2) is 5.16 Å². The Balaban J connectivity index is 1.59. The first kappa shape index (κ1) is 22.0. The lowest BCUT2D eigenvalue weighted by molar-refractivity contribution is -0.127. The highest BCUT2D eigenvalue weighted by Gasteiger charge is 2.17. The topological polar surface area (TPSA) is 68.3 Å². The summed E-state index contributed by atoms with van der Waals surface area (Å²) >= 11 is 14.7. The van der Waals surface area contributed by atoms with Crippen molar-refractivity contribution in [2.75, 3.05) is 12.8 Å². The number of thiophene rings is 1. The Labute approximate surface area is 196 Å². The lowest BCUT2D eigenvalue weighted by atomic mass is 10.2. The predicted molar refractivity (Wildman–Crippen MR) is 125 cm³/mol. The number of fused-ring (bicyclic) bond motifs is 1. The maximum atomic E-state index is 13.1. The number of nitrogens with zero attached hydrogens (tertiary/aromatic N) is 3. The van der Waals surface area contributed by atoms with Crippen molar-refractivity contribution in [2.45, 2.75) is 18.2 Å². The summed E-state index contributed by atoms with van der Waals surface area (Å²) in [7, 11) is 1.74. The second-order valence-corrected chi connectivity index (χ2v) is 9.95. The third-order valence-electron chi connectivity index (χ3n) is 4.55. The van der Waals surface area contributed by atoms with Gasteiger partial charge in [-0.2, -0.15) is 0 Å². The van der Waals surface area contributed by atoms with Crippen molar-refractivity contribution in [3.63, 3.8) is 0 Å². The molecule has 0 fully saturated rings. The van der Waals surface area contributed by atoms with E-state index in [4.69, 9.17) is 27.6 Å². The van der Waals surface area contributed by atoms with E-state index in [0.717, 1.165) is 4.88 Å². The lowest BCUT2D eigenvalue weighted by Gasteiger charge is -2.17. The predicted octanol–water partition coefficient (Wildman–Crippen LogP) is 5.16. The number of carbonyl (C=O) groups is 1. The number of halogens is 2. The van der Waals surface area contributed by atoms with E-state index < -0.39 is 0 Å². The zero-order chi connectivity index (χ0) is 22.0. The Hall–Kier alpha value is -2.26. The van der Waals surface area contributed by atoms with Crippen LogP contribution < -0.4 is 5.56 Å². The van der Waals surface area contributed by atoms with Crippen molar-refractivity contribution in [3.05, 3.63) is 79.1 Å². The van der Waals surface area contributed by atoms with E-state index in [2.05, 4.69) is 4.98 Å². The normalized spacial score (nSPS) is 11.2. The number of benzene rings is 1. The van der Waals surface area contributed by atoms with Crippen LogP contribution in [0, 0.1) is 0 Å². The highest BCUT2D eigenvalue weighted by molar-refractivity contribution is 7.99. The van der Waals surface area contributed by atoms with E-state index >= 15 is 0 Å². The van der Waals surface area contributed by atoms with Gasteiger partial charge in [-0.25, -0.2) is 4.98 Å². The second kappa shape index (κ2) is 9.48. The van der Waals surface area contributed by atoms with Crippen LogP contribution in [-0.2, 0) is 17.9 Å². The Morgan fingerprint density at radius 2 is 2.10 bits per heavy atom. The van der Waals surface area contributed by atoms with Gasteiger partial charge >= 0.3 is 0 Å². The van der Waals surface area contributed by atoms with Gasteiger partial charge in [-0.05, 0) is 42.5 Å². The monoisotopic (exact) mass is 493 g/mol. The molecule has 1 amide bonds. The number of rotatable bonds is 7. The fourth-order valence-corrected chi connectivity index (χ4v) is 5.22. The first-order valence-corrected chi connectivity index (χ1v) is 11.8. The Morgan fingerprint density at radius 1 is 1.26 bits per heavy atom. The molecule has 31 heavy (non-hydrogen) atoms. The summed E-state index contributed by atoms with van der Waals surface area (Å²) in [6, 6.07) is 12.2. The van der Waals surface area contributed by atoms with E-state index in [1.807, 2.05) is 12.1 Å². The summed E-state index contributed by atoms with van der Waals surface area (Å²) < 4.78 is 7.61. The molecule has 0 radical (unpaired) electrons. The molecular formula is C21H17Cl2N3O3S2. The maximum absolute atomic E-state index is 13.1. The van der Waals surface area contributed by atoms with Crippen molar-refractivity contribution < 1.29 is 9.21 Å². The Bertz CT molecular complexity index is 1290. The molecule has 0 unspecified atom stereocenters. The summed E-state index contributed by atoms with van der Waals surface area (Å²) in [5.41, 5.74) is 0.277. The molecule has 0 atom stereocenters. The minimum atomic E-state index is -0.213. The third-order valence-corrected chi connectivity index (χ3v) is 6.96. The maximum Gasteiger partial charge on any atom is 0.262 e.